The number of urea groups is 1. The molecule has 0 spiro atoms. The van der Waals surface area contributed by atoms with Crippen molar-refractivity contribution >= 4 is 6.03 Å². The third-order valence-corrected chi connectivity index (χ3v) is 2.89. The van der Waals surface area contributed by atoms with Gasteiger partial charge in [-0.3, -0.25) is 0 Å². The van der Waals surface area contributed by atoms with Crippen LogP contribution in [0.15, 0.2) is 24.3 Å². The number of carbonyl (C=O) groups excluding carboxylic acids is 1. The molecule has 1 aromatic carbocycles. The fourth-order valence-electron chi connectivity index (χ4n) is 1.73. The second-order valence-corrected chi connectivity index (χ2v) is 4.47. The molecule has 1 aromatic rings. The molecule has 0 unspecified atom stereocenters. The van der Waals surface area contributed by atoms with Gasteiger partial charge in [0.1, 0.15) is 5.75 Å². The average Bonchev–Trinajstić information content (AvgIpc) is 2.50. The maximum Gasteiger partial charge on any atom is 0.317 e. The second kappa shape index (κ2) is 10.0. The van der Waals surface area contributed by atoms with Crippen LogP contribution in [-0.4, -0.2) is 39.8 Å². The Kier molecular flexibility index (Phi) is 8.23. The van der Waals surface area contributed by atoms with Gasteiger partial charge in [-0.1, -0.05) is 25.5 Å². The second-order valence-electron chi connectivity index (χ2n) is 4.47. The molecule has 0 aromatic heterocycles. The Hall–Kier alpha value is -1.79. The molecule has 0 aliphatic carbocycles. The molecule has 21 heavy (non-hydrogen) atoms. The number of hydrogen-bond donors (Lipinski definition) is 2. The summed E-state index contributed by atoms with van der Waals surface area (Å²) in [6, 6.07) is 7.52. The van der Waals surface area contributed by atoms with E-state index < -0.39 is 6.29 Å². The zero-order valence-corrected chi connectivity index (χ0v) is 12.8. The quantitative estimate of drug-likeness (QED) is 0.683. The Morgan fingerprint density at radius 3 is 2.38 bits per heavy atom. The van der Waals surface area contributed by atoms with Crippen LogP contribution in [0, 0.1) is 0 Å². The highest BCUT2D eigenvalue weighted by Gasteiger charge is 2.07. The number of amides is 2. The van der Waals surface area contributed by atoms with Gasteiger partial charge in [0.25, 0.3) is 0 Å². The van der Waals surface area contributed by atoms with Crippen molar-refractivity contribution in [3.63, 3.8) is 0 Å². The Morgan fingerprint density at radius 2 is 1.81 bits per heavy atom. The van der Waals surface area contributed by atoms with Crippen LogP contribution in [-0.2, 0) is 15.9 Å². The van der Waals surface area contributed by atoms with Crippen molar-refractivity contribution in [3.05, 3.63) is 29.8 Å². The fraction of sp³-hybridized carbons (Fsp3) is 0.533. The first-order valence-electron chi connectivity index (χ1n) is 6.98. The number of rotatable bonds is 9. The summed E-state index contributed by atoms with van der Waals surface area (Å²) in [5.74, 6) is 0.724. The van der Waals surface area contributed by atoms with Gasteiger partial charge in [0.05, 0.1) is 6.54 Å². The van der Waals surface area contributed by atoms with Crippen molar-refractivity contribution in [2.24, 2.45) is 0 Å². The topological polar surface area (TPSA) is 68.8 Å². The van der Waals surface area contributed by atoms with E-state index in [4.69, 9.17) is 14.2 Å². The molecule has 6 nitrogen and oxygen atoms in total. The number of ether oxygens (including phenoxy) is 3. The first-order valence-corrected chi connectivity index (χ1v) is 6.98. The lowest BCUT2D eigenvalue weighted by Crippen LogP contribution is -2.42. The third kappa shape index (κ3) is 6.97. The van der Waals surface area contributed by atoms with E-state index >= 15 is 0 Å². The SMILES string of the molecule is CCCc1ccc(OCNC(=O)NCC(OC)OC)cc1. The molecule has 0 aliphatic rings. The van der Waals surface area contributed by atoms with Crippen molar-refractivity contribution < 1.29 is 19.0 Å². The minimum absolute atomic E-state index is 0.101. The number of carbonyl (C=O) groups is 1. The monoisotopic (exact) mass is 296 g/mol. The van der Waals surface area contributed by atoms with Crippen molar-refractivity contribution in [2.75, 3.05) is 27.5 Å². The van der Waals surface area contributed by atoms with Gasteiger partial charge in [-0.25, -0.2) is 4.79 Å². The minimum Gasteiger partial charge on any atom is -0.473 e. The zero-order valence-electron chi connectivity index (χ0n) is 12.8. The van der Waals surface area contributed by atoms with Gasteiger partial charge < -0.3 is 24.8 Å². The standard InChI is InChI=1S/C15H24N2O4/c1-4-5-12-6-8-13(9-7-12)21-11-17-15(18)16-10-14(19-2)20-3/h6-9,14H,4-5,10-11H2,1-3H3,(H2,16,17,18). The minimum atomic E-state index is -0.456. The molecule has 118 valence electrons. The molecule has 2 N–H and O–H groups in total. The number of methoxy groups -OCH3 is 2. The summed E-state index contributed by atoms with van der Waals surface area (Å²) in [6.07, 6.45) is 1.72. The maximum atomic E-state index is 11.5. The molecule has 0 saturated carbocycles. The lowest BCUT2D eigenvalue weighted by atomic mass is 10.1. The van der Waals surface area contributed by atoms with Crippen LogP contribution >= 0.6 is 0 Å². The molecule has 1 rings (SSSR count). The lowest BCUT2D eigenvalue weighted by molar-refractivity contribution is -0.0972. The smallest absolute Gasteiger partial charge is 0.317 e. The summed E-state index contributed by atoms with van der Waals surface area (Å²) in [6.45, 7) is 2.51. The van der Waals surface area contributed by atoms with Crippen LogP contribution in [0.3, 0.4) is 0 Å². The molecule has 2 amide bonds. The van der Waals surface area contributed by atoms with Gasteiger partial charge in [0.2, 0.25) is 0 Å². The highest BCUT2D eigenvalue weighted by atomic mass is 16.7. The lowest BCUT2D eigenvalue weighted by Gasteiger charge is -2.14. The van der Waals surface area contributed by atoms with Crippen LogP contribution in [0.1, 0.15) is 18.9 Å². The van der Waals surface area contributed by atoms with Gasteiger partial charge in [-0.2, -0.15) is 0 Å². The Bertz CT molecular complexity index is 405. The summed E-state index contributed by atoms with van der Waals surface area (Å²) in [4.78, 5) is 11.5. The first kappa shape index (κ1) is 17.3. The Labute approximate surface area is 125 Å². The predicted octanol–water partition coefficient (Wildman–Crippen LogP) is 1.89. The van der Waals surface area contributed by atoms with E-state index in [1.807, 2.05) is 24.3 Å². The molecular formula is C15H24N2O4. The predicted molar refractivity (Wildman–Crippen MR) is 80.3 cm³/mol. The zero-order chi connectivity index (χ0) is 15.5. The number of benzene rings is 1. The van der Waals surface area contributed by atoms with E-state index in [1.54, 1.807) is 0 Å². The molecular weight excluding hydrogens is 272 g/mol. The van der Waals surface area contributed by atoms with Crippen molar-refractivity contribution in [1.29, 1.82) is 0 Å². The largest absolute Gasteiger partial charge is 0.473 e. The maximum absolute atomic E-state index is 11.5. The van der Waals surface area contributed by atoms with E-state index in [-0.39, 0.29) is 19.3 Å². The van der Waals surface area contributed by atoms with Gasteiger partial charge in [-0.15, -0.1) is 0 Å². The Morgan fingerprint density at radius 1 is 1.14 bits per heavy atom. The molecule has 6 heteroatoms. The van der Waals surface area contributed by atoms with Crippen LogP contribution in [0.4, 0.5) is 4.79 Å². The van der Waals surface area contributed by atoms with Crippen molar-refractivity contribution in [2.45, 2.75) is 26.1 Å². The van der Waals surface area contributed by atoms with Gasteiger partial charge in [-0.05, 0) is 24.1 Å². The van der Waals surface area contributed by atoms with Crippen LogP contribution in [0.2, 0.25) is 0 Å². The van der Waals surface area contributed by atoms with Crippen LogP contribution in [0.25, 0.3) is 0 Å². The summed E-state index contributed by atoms with van der Waals surface area (Å²) < 4.78 is 15.4. The van der Waals surface area contributed by atoms with E-state index in [0.29, 0.717) is 0 Å². The molecule has 0 saturated heterocycles. The third-order valence-electron chi connectivity index (χ3n) is 2.89. The van der Waals surface area contributed by atoms with Crippen LogP contribution in [0.5, 0.6) is 5.75 Å². The molecule has 0 fully saturated rings. The van der Waals surface area contributed by atoms with E-state index in [2.05, 4.69) is 17.6 Å². The molecule has 0 atom stereocenters. The molecule has 0 aliphatic heterocycles. The Balaban J connectivity index is 2.21. The normalized spacial score (nSPS) is 10.5. The summed E-state index contributed by atoms with van der Waals surface area (Å²) >= 11 is 0. The van der Waals surface area contributed by atoms with E-state index in [9.17, 15) is 4.79 Å². The number of nitrogens with one attached hydrogen (secondary N) is 2. The summed E-state index contributed by atoms with van der Waals surface area (Å²) in [5.41, 5.74) is 1.28. The molecule has 0 heterocycles. The van der Waals surface area contributed by atoms with Crippen molar-refractivity contribution in [3.8, 4) is 5.75 Å². The highest BCUT2D eigenvalue weighted by molar-refractivity contribution is 5.73. The van der Waals surface area contributed by atoms with E-state index in [0.717, 1.165) is 18.6 Å². The average molecular weight is 296 g/mol. The number of hydrogen-bond acceptors (Lipinski definition) is 4. The van der Waals surface area contributed by atoms with Gasteiger partial charge in [0.15, 0.2) is 13.0 Å². The first-order chi connectivity index (χ1) is 10.2. The van der Waals surface area contributed by atoms with Crippen LogP contribution < -0.4 is 15.4 Å². The highest BCUT2D eigenvalue weighted by Crippen LogP contribution is 2.12. The molecule has 0 bridgehead atoms. The van der Waals surface area contributed by atoms with Gasteiger partial charge >= 0.3 is 6.03 Å². The fourth-order valence-corrected chi connectivity index (χ4v) is 1.73. The molecule has 0 radical (unpaired) electrons. The van der Waals surface area contributed by atoms with Crippen molar-refractivity contribution in [1.82, 2.24) is 10.6 Å². The summed E-state index contributed by atoms with van der Waals surface area (Å²) in [7, 11) is 3.03. The van der Waals surface area contributed by atoms with Gasteiger partial charge in [0, 0.05) is 14.2 Å². The summed E-state index contributed by atoms with van der Waals surface area (Å²) in [5, 5.41) is 5.21. The van der Waals surface area contributed by atoms with E-state index in [1.165, 1.54) is 19.8 Å². The number of aryl methyl sites for hydroxylation is 1.